The monoisotopic (exact) mass is 456 g/mol. The molecule has 3 rings (SSSR count). The van der Waals surface area contributed by atoms with Gasteiger partial charge in [0, 0.05) is 11.6 Å². The Labute approximate surface area is 195 Å². The first-order valence-electron chi connectivity index (χ1n) is 11.6. The van der Waals surface area contributed by atoms with Crippen molar-refractivity contribution in [3.63, 3.8) is 0 Å². The van der Waals surface area contributed by atoms with Crippen LogP contribution in [0.4, 0.5) is 10.1 Å². The first-order chi connectivity index (χ1) is 16.0. The van der Waals surface area contributed by atoms with E-state index < -0.39 is 17.8 Å². The Morgan fingerprint density at radius 2 is 1.79 bits per heavy atom. The molecular formula is C26H33FN2O4. The van der Waals surface area contributed by atoms with Crippen molar-refractivity contribution in [2.24, 2.45) is 0 Å². The molecule has 0 heterocycles. The highest BCUT2D eigenvalue weighted by molar-refractivity contribution is 6.10. The summed E-state index contributed by atoms with van der Waals surface area (Å²) in [7, 11) is 3.00. The Morgan fingerprint density at radius 3 is 2.42 bits per heavy atom. The predicted octanol–water partition coefficient (Wildman–Crippen LogP) is 5.11. The van der Waals surface area contributed by atoms with Crippen LogP contribution in [0.2, 0.25) is 0 Å². The Hall–Kier alpha value is -3.09. The molecule has 1 aliphatic carbocycles. The van der Waals surface area contributed by atoms with E-state index in [2.05, 4.69) is 5.32 Å². The number of nitrogens with zero attached hydrogens (tertiary/aromatic N) is 1. The molecule has 178 valence electrons. The van der Waals surface area contributed by atoms with Crippen LogP contribution in [0, 0.1) is 5.82 Å². The van der Waals surface area contributed by atoms with Crippen molar-refractivity contribution >= 4 is 17.5 Å². The third-order valence-corrected chi connectivity index (χ3v) is 6.11. The van der Waals surface area contributed by atoms with Crippen LogP contribution in [0.25, 0.3) is 0 Å². The fourth-order valence-corrected chi connectivity index (χ4v) is 4.32. The second-order valence-electron chi connectivity index (χ2n) is 8.34. The molecule has 2 aromatic rings. The molecule has 1 N–H and O–H groups in total. The lowest BCUT2D eigenvalue weighted by atomic mass is 10.0. The van der Waals surface area contributed by atoms with Crippen LogP contribution in [0.1, 0.15) is 62.2 Å². The van der Waals surface area contributed by atoms with Gasteiger partial charge in [-0.05, 0) is 49.6 Å². The summed E-state index contributed by atoms with van der Waals surface area (Å²) in [5.74, 6) is -0.400. The van der Waals surface area contributed by atoms with Gasteiger partial charge < -0.3 is 14.8 Å². The molecule has 0 aromatic heterocycles. The van der Waals surface area contributed by atoms with Crippen molar-refractivity contribution in [1.29, 1.82) is 0 Å². The summed E-state index contributed by atoms with van der Waals surface area (Å²) in [5.41, 5.74) is 0.367. The average molecular weight is 457 g/mol. The number of carbonyl (C=O) groups is 2. The molecule has 0 saturated heterocycles. The van der Waals surface area contributed by atoms with Gasteiger partial charge in [0.25, 0.3) is 5.91 Å². The van der Waals surface area contributed by atoms with Crippen molar-refractivity contribution < 1.29 is 23.5 Å². The van der Waals surface area contributed by atoms with E-state index in [1.165, 1.54) is 31.3 Å². The van der Waals surface area contributed by atoms with Crippen molar-refractivity contribution in [3.8, 4) is 11.5 Å². The van der Waals surface area contributed by atoms with E-state index in [9.17, 15) is 14.0 Å². The van der Waals surface area contributed by atoms with Gasteiger partial charge in [-0.25, -0.2) is 4.39 Å². The molecule has 1 fully saturated rings. The van der Waals surface area contributed by atoms with E-state index in [1.54, 1.807) is 30.3 Å². The van der Waals surface area contributed by atoms with Crippen molar-refractivity contribution in [2.45, 2.75) is 64.0 Å². The third kappa shape index (κ3) is 5.83. The van der Waals surface area contributed by atoms with E-state index in [4.69, 9.17) is 9.47 Å². The quantitative estimate of drug-likeness (QED) is 0.540. The molecule has 6 nitrogen and oxygen atoms in total. The molecule has 0 bridgehead atoms. The number of hydrogen-bond acceptors (Lipinski definition) is 4. The van der Waals surface area contributed by atoms with Gasteiger partial charge in [-0.15, -0.1) is 0 Å². The minimum absolute atomic E-state index is 0.0833. The number of rotatable bonds is 10. The summed E-state index contributed by atoms with van der Waals surface area (Å²) in [4.78, 5) is 28.5. The Morgan fingerprint density at radius 1 is 1.09 bits per heavy atom. The zero-order valence-corrected chi connectivity index (χ0v) is 19.6. The number of ether oxygens (including phenoxy) is 2. The van der Waals surface area contributed by atoms with Gasteiger partial charge in [-0.1, -0.05) is 44.7 Å². The zero-order chi connectivity index (χ0) is 23.8. The van der Waals surface area contributed by atoms with Crippen LogP contribution in [-0.2, 0) is 4.79 Å². The maximum absolute atomic E-state index is 15.0. The maximum atomic E-state index is 15.0. The molecule has 2 aromatic carbocycles. The summed E-state index contributed by atoms with van der Waals surface area (Å²) >= 11 is 0. The van der Waals surface area contributed by atoms with Gasteiger partial charge in [0.2, 0.25) is 5.91 Å². The summed E-state index contributed by atoms with van der Waals surface area (Å²) in [5, 5.41) is 3.10. The number of hydrogen-bond donors (Lipinski definition) is 1. The minimum atomic E-state index is -0.831. The van der Waals surface area contributed by atoms with Gasteiger partial charge in [0.15, 0.2) is 11.5 Å². The topological polar surface area (TPSA) is 67.9 Å². The average Bonchev–Trinajstić information content (AvgIpc) is 3.34. The number of para-hydroxylation sites is 1. The number of benzene rings is 2. The van der Waals surface area contributed by atoms with E-state index in [-0.39, 0.29) is 23.2 Å². The zero-order valence-electron chi connectivity index (χ0n) is 19.6. The molecule has 33 heavy (non-hydrogen) atoms. The molecular weight excluding hydrogens is 423 g/mol. The highest BCUT2D eigenvalue weighted by atomic mass is 19.1. The fourth-order valence-electron chi connectivity index (χ4n) is 4.32. The van der Waals surface area contributed by atoms with Crippen LogP contribution in [0.5, 0.6) is 11.5 Å². The first kappa shape index (κ1) is 24.6. The van der Waals surface area contributed by atoms with Gasteiger partial charge in [0.1, 0.15) is 11.9 Å². The van der Waals surface area contributed by atoms with Gasteiger partial charge in [-0.2, -0.15) is 0 Å². The highest BCUT2D eigenvalue weighted by Crippen LogP contribution is 2.31. The lowest BCUT2D eigenvalue weighted by Gasteiger charge is -2.32. The van der Waals surface area contributed by atoms with E-state index in [0.717, 1.165) is 38.5 Å². The number of halogens is 1. The number of methoxy groups -OCH3 is 2. The molecule has 2 amide bonds. The number of unbranched alkanes of at least 4 members (excludes halogenated alkanes) is 1. The Kier molecular flexibility index (Phi) is 8.69. The number of nitrogens with one attached hydrogen (secondary N) is 1. The van der Waals surface area contributed by atoms with E-state index >= 15 is 0 Å². The van der Waals surface area contributed by atoms with Gasteiger partial charge in [-0.3, -0.25) is 14.5 Å². The van der Waals surface area contributed by atoms with Gasteiger partial charge in [0.05, 0.1) is 19.9 Å². The highest BCUT2D eigenvalue weighted by Gasteiger charge is 2.34. The van der Waals surface area contributed by atoms with Crippen molar-refractivity contribution in [2.75, 3.05) is 19.1 Å². The van der Waals surface area contributed by atoms with Crippen LogP contribution >= 0.6 is 0 Å². The molecule has 0 aliphatic heterocycles. The maximum Gasteiger partial charge on any atom is 0.259 e. The second-order valence-corrected chi connectivity index (χ2v) is 8.34. The third-order valence-electron chi connectivity index (χ3n) is 6.11. The number of amides is 2. The smallest absolute Gasteiger partial charge is 0.259 e. The lowest BCUT2D eigenvalue weighted by Crippen LogP contribution is -2.52. The molecule has 1 saturated carbocycles. The van der Waals surface area contributed by atoms with Crippen molar-refractivity contribution in [3.05, 3.63) is 53.8 Å². The predicted molar refractivity (Wildman–Crippen MR) is 126 cm³/mol. The van der Waals surface area contributed by atoms with Gasteiger partial charge >= 0.3 is 0 Å². The summed E-state index contributed by atoms with van der Waals surface area (Å²) in [6.45, 7) is 2.02. The molecule has 7 heteroatoms. The van der Waals surface area contributed by atoms with Crippen LogP contribution in [0.3, 0.4) is 0 Å². The standard InChI is InChI=1S/C26H33FN2O4/c1-4-5-13-22(25(30)28-19-10-6-7-11-19)29(21-14-9-8-12-20(21)27)26(31)18-15-16-23(32-2)24(17-18)33-3/h8-9,12,14-17,19,22H,4-7,10-11,13H2,1-3H3,(H,28,30). The normalized spacial score (nSPS) is 14.5. The van der Waals surface area contributed by atoms with Crippen LogP contribution in [-0.4, -0.2) is 38.1 Å². The summed E-state index contributed by atoms with van der Waals surface area (Å²) in [6, 6.07) is 10.1. The molecule has 1 atom stereocenters. The minimum Gasteiger partial charge on any atom is -0.493 e. The molecule has 0 spiro atoms. The fraction of sp³-hybridized carbons (Fsp3) is 0.462. The van der Waals surface area contributed by atoms with E-state index in [0.29, 0.717) is 17.9 Å². The Balaban J connectivity index is 2.03. The van der Waals surface area contributed by atoms with Crippen molar-refractivity contribution in [1.82, 2.24) is 5.32 Å². The number of carbonyl (C=O) groups excluding carboxylic acids is 2. The molecule has 1 aliphatic rings. The van der Waals surface area contributed by atoms with E-state index in [1.807, 2.05) is 6.92 Å². The molecule has 1 unspecified atom stereocenters. The number of anilines is 1. The summed E-state index contributed by atoms with van der Waals surface area (Å²) < 4.78 is 25.6. The first-order valence-corrected chi connectivity index (χ1v) is 11.6. The lowest BCUT2D eigenvalue weighted by molar-refractivity contribution is -0.123. The second kappa shape index (κ2) is 11.7. The summed E-state index contributed by atoms with van der Waals surface area (Å²) in [6.07, 6.45) is 6.02. The van der Waals surface area contributed by atoms with Crippen LogP contribution in [0.15, 0.2) is 42.5 Å². The van der Waals surface area contributed by atoms with Crippen LogP contribution < -0.4 is 19.7 Å². The Bertz CT molecular complexity index is 959. The largest absolute Gasteiger partial charge is 0.493 e. The SMILES string of the molecule is CCCCC(C(=O)NC1CCCC1)N(C(=O)c1ccc(OC)c(OC)c1)c1ccccc1F. The molecule has 0 radical (unpaired) electrons.